The highest BCUT2D eigenvalue weighted by Gasteiger charge is 2.33. The number of hydrogen-bond acceptors (Lipinski definition) is 3. The van der Waals surface area contributed by atoms with Crippen molar-refractivity contribution in [1.29, 1.82) is 0 Å². The minimum absolute atomic E-state index is 0.00426. The monoisotopic (exact) mass is 299 g/mol. The molecule has 0 saturated carbocycles. The highest BCUT2D eigenvalue weighted by molar-refractivity contribution is 5.80. The van der Waals surface area contributed by atoms with Gasteiger partial charge in [-0.3, -0.25) is 9.78 Å². The first kappa shape index (κ1) is 14.7. The number of nitrogens with zero attached hydrogens (tertiary/aromatic N) is 1. The quantitative estimate of drug-likeness (QED) is 0.906. The molecule has 0 radical (unpaired) electrons. The molecule has 2 unspecified atom stereocenters. The Balaban J connectivity index is 1.66. The van der Waals surface area contributed by atoms with E-state index < -0.39 is 0 Å². The highest BCUT2D eigenvalue weighted by atomic mass is 19.1. The van der Waals surface area contributed by atoms with Crippen LogP contribution in [-0.2, 0) is 11.3 Å². The van der Waals surface area contributed by atoms with Crippen LogP contribution in [0.4, 0.5) is 4.39 Å². The third-order valence-corrected chi connectivity index (χ3v) is 4.02. The first-order chi connectivity index (χ1) is 10.7. The Hall–Kier alpha value is -2.27. The van der Waals surface area contributed by atoms with Crippen molar-refractivity contribution in [1.82, 2.24) is 15.6 Å². The van der Waals surface area contributed by atoms with Crippen LogP contribution in [0.1, 0.15) is 17.0 Å². The maximum atomic E-state index is 13.4. The average Bonchev–Trinajstić information content (AvgIpc) is 3.03. The van der Waals surface area contributed by atoms with E-state index in [1.165, 1.54) is 12.1 Å². The van der Waals surface area contributed by atoms with E-state index in [9.17, 15) is 9.18 Å². The molecule has 5 heteroatoms. The van der Waals surface area contributed by atoms with Crippen molar-refractivity contribution < 1.29 is 9.18 Å². The predicted octanol–water partition coefficient (Wildman–Crippen LogP) is 1.84. The Morgan fingerprint density at radius 2 is 2.23 bits per heavy atom. The smallest absolute Gasteiger partial charge is 0.225 e. The van der Waals surface area contributed by atoms with Crippen molar-refractivity contribution in [3.05, 3.63) is 65.7 Å². The van der Waals surface area contributed by atoms with Crippen LogP contribution in [0.3, 0.4) is 0 Å². The second-order valence-corrected chi connectivity index (χ2v) is 5.51. The molecule has 0 aliphatic carbocycles. The number of rotatable bonds is 4. The summed E-state index contributed by atoms with van der Waals surface area (Å²) >= 11 is 0. The number of halogens is 1. The van der Waals surface area contributed by atoms with E-state index in [1.807, 2.05) is 18.2 Å². The topological polar surface area (TPSA) is 54.0 Å². The van der Waals surface area contributed by atoms with Crippen LogP contribution < -0.4 is 10.6 Å². The summed E-state index contributed by atoms with van der Waals surface area (Å²) in [6.45, 7) is 1.76. The van der Waals surface area contributed by atoms with E-state index in [0.29, 0.717) is 19.6 Å². The summed E-state index contributed by atoms with van der Waals surface area (Å²) in [4.78, 5) is 16.4. The fourth-order valence-corrected chi connectivity index (χ4v) is 2.86. The lowest BCUT2D eigenvalue weighted by molar-refractivity contribution is -0.125. The molecule has 2 atom stereocenters. The molecule has 1 aromatic carbocycles. The molecule has 0 bridgehead atoms. The molecule has 1 aliphatic heterocycles. The number of pyridine rings is 1. The van der Waals surface area contributed by atoms with Crippen molar-refractivity contribution in [3.8, 4) is 0 Å². The molecule has 1 saturated heterocycles. The van der Waals surface area contributed by atoms with Crippen LogP contribution in [-0.4, -0.2) is 24.0 Å². The molecule has 1 aliphatic rings. The summed E-state index contributed by atoms with van der Waals surface area (Å²) in [7, 11) is 0. The van der Waals surface area contributed by atoms with Crippen LogP contribution in [0, 0.1) is 11.7 Å². The number of amides is 1. The number of aromatic nitrogens is 1. The molecule has 2 N–H and O–H groups in total. The third kappa shape index (κ3) is 3.31. The Morgan fingerprint density at radius 3 is 3.00 bits per heavy atom. The number of nitrogens with one attached hydrogen (secondary N) is 2. The van der Waals surface area contributed by atoms with Gasteiger partial charge < -0.3 is 10.6 Å². The summed E-state index contributed by atoms with van der Waals surface area (Å²) in [6, 6.07) is 10.3. The summed E-state index contributed by atoms with van der Waals surface area (Å²) in [5.41, 5.74) is 1.83. The van der Waals surface area contributed by atoms with Crippen LogP contribution in [0.15, 0.2) is 48.8 Å². The maximum absolute atomic E-state index is 13.4. The van der Waals surface area contributed by atoms with Crippen LogP contribution in [0.2, 0.25) is 0 Å². The van der Waals surface area contributed by atoms with Gasteiger partial charge in [0.2, 0.25) is 5.91 Å². The predicted molar refractivity (Wildman–Crippen MR) is 81.6 cm³/mol. The van der Waals surface area contributed by atoms with Gasteiger partial charge in [-0.1, -0.05) is 18.2 Å². The van der Waals surface area contributed by atoms with Gasteiger partial charge in [0, 0.05) is 37.9 Å². The van der Waals surface area contributed by atoms with Gasteiger partial charge in [-0.15, -0.1) is 0 Å². The molecule has 2 heterocycles. The van der Waals surface area contributed by atoms with Gasteiger partial charge >= 0.3 is 0 Å². The van der Waals surface area contributed by atoms with Crippen molar-refractivity contribution in [3.63, 3.8) is 0 Å². The van der Waals surface area contributed by atoms with E-state index in [2.05, 4.69) is 15.6 Å². The van der Waals surface area contributed by atoms with E-state index >= 15 is 0 Å². The molecular weight excluding hydrogens is 281 g/mol. The summed E-state index contributed by atoms with van der Waals surface area (Å²) in [6.07, 6.45) is 3.43. The lowest BCUT2D eigenvalue weighted by Gasteiger charge is -2.18. The zero-order chi connectivity index (χ0) is 15.4. The van der Waals surface area contributed by atoms with E-state index in [1.54, 1.807) is 18.5 Å². The van der Waals surface area contributed by atoms with Gasteiger partial charge in [0.05, 0.1) is 5.92 Å². The lowest BCUT2D eigenvalue weighted by atomic mass is 9.88. The zero-order valence-electron chi connectivity index (χ0n) is 12.1. The Bertz CT molecular complexity index is 647. The Morgan fingerprint density at radius 1 is 1.32 bits per heavy atom. The van der Waals surface area contributed by atoms with Crippen LogP contribution in [0.5, 0.6) is 0 Å². The maximum Gasteiger partial charge on any atom is 0.225 e. The zero-order valence-corrected chi connectivity index (χ0v) is 12.1. The number of carbonyl (C=O) groups excluding carboxylic acids is 1. The standard InChI is InChI=1S/C17H18FN3O/c18-14-5-1-4-13(7-14)15-10-20-11-16(15)17(22)21-9-12-3-2-6-19-8-12/h1-8,15-16,20H,9-11H2,(H,21,22). The molecule has 0 spiro atoms. The average molecular weight is 299 g/mol. The molecule has 1 amide bonds. The minimum Gasteiger partial charge on any atom is -0.352 e. The molecule has 4 nitrogen and oxygen atoms in total. The fraction of sp³-hybridized carbons (Fsp3) is 0.294. The normalized spacial score (nSPS) is 20.8. The molecule has 2 aromatic rings. The molecular formula is C17H18FN3O. The van der Waals surface area contributed by atoms with Gasteiger partial charge in [-0.2, -0.15) is 0 Å². The van der Waals surface area contributed by atoms with Gasteiger partial charge in [-0.25, -0.2) is 4.39 Å². The summed E-state index contributed by atoms with van der Waals surface area (Å²) in [5, 5.41) is 6.17. The van der Waals surface area contributed by atoms with E-state index in [-0.39, 0.29) is 23.6 Å². The Kier molecular flexibility index (Phi) is 4.44. The second-order valence-electron chi connectivity index (χ2n) is 5.51. The molecule has 114 valence electrons. The minimum atomic E-state index is -0.265. The first-order valence-electron chi connectivity index (χ1n) is 7.37. The van der Waals surface area contributed by atoms with Crippen molar-refractivity contribution in [2.75, 3.05) is 13.1 Å². The van der Waals surface area contributed by atoms with Crippen molar-refractivity contribution >= 4 is 5.91 Å². The Labute approximate surface area is 128 Å². The lowest BCUT2D eigenvalue weighted by Crippen LogP contribution is -2.34. The van der Waals surface area contributed by atoms with Gasteiger partial charge in [-0.05, 0) is 29.3 Å². The molecule has 1 aromatic heterocycles. The van der Waals surface area contributed by atoms with Crippen LogP contribution >= 0.6 is 0 Å². The largest absolute Gasteiger partial charge is 0.352 e. The third-order valence-electron chi connectivity index (χ3n) is 4.02. The fourth-order valence-electron chi connectivity index (χ4n) is 2.86. The van der Waals surface area contributed by atoms with Crippen molar-refractivity contribution in [2.24, 2.45) is 5.92 Å². The van der Waals surface area contributed by atoms with Crippen molar-refractivity contribution in [2.45, 2.75) is 12.5 Å². The van der Waals surface area contributed by atoms with Gasteiger partial charge in [0.1, 0.15) is 5.82 Å². The number of hydrogen-bond donors (Lipinski definition) is 2. The van der Waals surface area contributed by atoms with E-state index in [0.717, 1.165) is 11.1 Å². The van der Waals surface area contributed by atoms with Gasteiger partial charge in [0.15, 0.2) is 0 Å². The molecule has 1 fully saturated rings. The first-order valence-corrected chi connectivity index (χ1v) is 7.37. The SMILES string of the molecule is O=C(NCc1cccnc1)C1CNCC1c1cccc(F)c1. The van der Waals surface area contributed by atoms with E-state index in [4.69, 9.17) is 0 Å². The second kappa shape index (κ2) is 6.66. The highest BCUT2D eigenvalue weighted by Crippen LogP contribution is 2.28. The molecule has 3 rings (SSSR count). The van der Waals surface area contributed by atoms with Gasteiger partial charge in [0.25, 0.3) is 0 Å². The number of carbonyl (C=O) groups is 1. The molecule has 22 heavy (non-hydrogen) atoms. The summed E-state index contributed by atoms with van der Waals surface area (Å²) < 4.78 is 13.4. The number of benzene rings is 1. The van der Waals surface area contributed by atoms with Crippen LogP contribution in [0.25, 0.3) is 0 Å². The summed E-state index contributed by atoms with van der Waals surface area (Å²) in [5.74, 6) is -0.454.